The number of phenols is 1. The summed E-state index contributed by atoms with van der Waals surface area (Å²) in [5.74, 6) is 0.0660. The molecule has 2 rings (SSSR count). The van der Waals surface area contributed by atoms with Gasteiger partial charge in [-0.15, -0.1) is 0 Å². The molecule has 2 aromatic carbocycles. The highest BCUT2D eigenvalue weighted by atomic mass is 79.9. The quantitative estimate of drug-likeness (QED) is 0.915. The Kier molecular flexibility index (Phi) is 3.99. The summed E-state index contributed by atoms with van der Waals surface area (Å²) >= 11 is 3.32. The Bertz CT molecular complexity index is 552. The molecule has 3 nitrogen and oxygen atoms in total. The van der Waals surface area contributed by atoms with Gasteiger partial charge in [0.25, 0.3) is 5.91 Å². The van der Waals surface area contributed by atoms with Gasteiger partial charge in [-0.1, -0.05) is 28.1 Å². The first-order chi connectivity index (χ1) is 8.65. The van der Waals surface area contributed by atoms with E-state index < -0.39 is 0 Å². The predicted octanol–water partition coefficient (Wildman–Crippen LogP) is 3.08. The van der Waals surface area contributed by atoms with E-state index in [1.165, 1.54) is 0 Å². The van der Waals surface area contributed by atoms with Crippen LogP contribution >= 0.6 is 15.9 Å². The summed E-state index contributed by atoms with van der Waals surface area (Å²) in [7, 11) is 0. The van der Waals surface area contributed by atoms with E-state index in [1.54, 1.807) is 30.3 Å². The molecule has 2 aromatic rings. The standard InChI is InChI=1S/C14H12BrNO2/c15-12-6-4-11(5-7-12)14(18)16-9-10-2-1-3-13(17)8-10/h1-8,17H,9H2,(H,16,18). The van der Waals surface area contributed by atoms with Crippen molar-refractivity contribution in [3.8, 4) is 5.75 Å². The molecule has 0 radical (unpaired) electrons. The van der Waals surface area contributed by atoms with Gasteiger partial charge in [0.05, 0.1) is 0 Å². The van der Waals surface area contributed by atoms with E-state index in [0.717, 1.165) is 10.0 Å². The Morgan fingerprint density at radius 1 is 1.17 bits per heavy atom. The molecule has 0 bridgehead atoms. The van der Waals surface area contributed by atoms with E-state index in [-0.39, 0.29) is 11.7 Å². The van der Waals surface area contributed by atoms with E-state index in [9.17, 15) is 9.90 Å². The number of halogens is 1. The van der Waals surface area contributed by atoms with Crippen LogP contribution in [0.4, 0.5) is 0 Å². The molecule has 1 amide bonds. The van der Waals surface area contributed by atoms with E-state index in [1.807, 2.05) is 18.2 Å². The highest BCUT2D eigenvalue weighted by Crippen LogP contribution is 2.12. The van der Waals surface area contributed by atoms with Gasteiger partial charge in [-0.05, 0) is 42.0 Å². The Morgan fingerprint density at radius 3 is 2.56 bits per heavy atom. The molecule has 4 heteroatoms. The Morgan fingerprint density at radius 2 is 1.89 bits per heavy atom. The maximum atomic E-state index is 11.8. The molecule has 0 aliphatic heterocycles. The van der Waals surface area contributed by atoms with Crippen molar-refractivity contribution < 1.29 is 9.90 Å². The SMILES string of the molecule is O=C(NCc1cccc(O)c1)c1ccc(Br)cc1. The van der Waals surface area contributed by atoms with Crippen LogP contribution < -0.4 is 5.32 Å². The third kappa shape index (κ3) is 3.34. The van der Waals surface area contributed by atoms with Gasteiger partial charge in [0.1, 0.15) is 5.75 Å². The average molecular weight is 306 g/mol. The van der Waals surface area contributed by atoms with Crippen LogP contribution in [0.15, 0.2) is 53.0 Å². The lowest BCUT2D eigenvalue weighted by molar-refractivity contribution is 0.0951. The zero-order chi connectivity index (χ0) is 13.0. The van der Waals surface area contributed by atoms with Crippen LogP contribution in [0.25, 0.3) is 0 Å². The van der Waals surface area contributed by atoms with E-state index in [4.69, 9.17) is 0 Å². The number of hydrogen-bond donors (Lipinski definition) is 2. The zero-order valence-electron chi connectivity index (χ0n) is 9.56. The van der Waals surface area contributed by atoms with Crippen molar-refractivity contribution >= 4 is 21.8 Å². The van der Waals surface area contributed by atoms with Gasteiger partial charge in [0.2, 0.25) is 0 Å². The summed E-state index contributed by atoms with van der Waals surface area (Å²) in [6.45, 7) is 0.392. The van der Waals surface area contributed by atoms with Crippen molar-refractivity contribution in [1.82, 2.24) is 5.32 Å². The molecular formula is C14H12BrNO2. The fourth-order valence-electron chi connectivity index (χ4n) is 1.55. The monoisotopic (exact) mass is 305 g/mol. The lowest BCUT2D eigenvalue weighted by Crippen LogP contribution is -2.22. The van der Waals surface area contributed by atoms with Crippen LogP contribution in [0.3, 0.4) is 0 Å². The maximum absolute atomic E-state index is 11.8. The highest BCUT2D eigenvalue weighted by molar-refractivity contribution is 9.10. The number of hydrogen-bond acceptors (Lipinski definition) is 2. The van der Waals surface area contributed by atoms with Crippen molar-refractivity contribution in [1.29, 1.82) is 0 Å². The summed E-state index contributed by atoms with van der Waals surface area (Å²) in [6, 6.07) is 14.0. The molecule has 0 fully saturated rings. The van der Waals surface area contributed by atoms with Gasteiger partial charge >= 0.3 is 0 Å². The first-order valence-electron chi connectivity index (χ1n) is 5.47. The second kappa shape index (κ2) is 5.69. The summed E-state index contributed by atoms with van der Waals surface area (Å²) < 4.78 is 0.937. The number of rotatable bonds is 3. The molecule has 0 atom stereocenters. The number of amides is 1. The van der Waals surface area contributed by atoms with Crippen LogP contribution in [0.5, 0.6) is 5.75 Å². The lowest BCUT2D eigenvalue weighted by Gasteiger charge is -2.06. The predicted molar refractivity (Wildman–Crippen MR) is 73.4 cm³/mol. The smallest absolute Gasteiger partial charge is 0.251 e. The van der Waals surface area contributed by atoms with E-state index in [0.29, 0.717) is 12.1 Å². The maximum Gasteiger partial charge on any atom is 0.251 e. The Balaban J connectivity index is 1.98. The largest absolute Gasteiger partial charge is 0.508 e. The van der Waals surface area contributed by atoms with Crippen molar-refractivity contribution in [2.45, 2.75) is 6.54 Å². The minimum absolute atomic E-state index is 0.133. The van der Waals surface area contributed by atoms with Gasteiger partial charge in [-0.25, -0.2) is 0 Å². The first-order valence-corrected chi connectivity index (χ1v) is 6.26. The van der Waals surface area contributed by atoms with Crippen LogP contribution in [-0.4, -0.2) is 11.0 Å². The van der Waals surface area contributed by atoms with E-state index in [2.05, 4.69) is 21.2 Å². The van der Waals surface area contributed by atoms with Crippen molar-refractivity contribution in [3.05, 3.63) is 64.1 Å². The minimum Gasteiger partial charge on any atom is -0.508 e. The number of benzene rings is 2. The van der Waals surface area contributed by atoms with Crippen molar-refractivity contribution in [2.75, 3.05) is 0 Å². The van der Waals surface area contributed by atoms with Gasteiger partial charge in [0.15, 0.2) is 0 Å². The molecule has 0 spiro atoms. The molecule has 92 valence electrons. The van der Waals surface area contributed by atoms with Crippen LogP contribution in [-0.2, 0) is 6.54 Å². The molecule has 0 saturated carbocycles. The average Bonchev–Trinajstić information content (AvgIpc) is 2.37. The van der Waals surface area contributed by atoms with Gasteiger partial charge in [-0.2, -0.15) is 0 Å². The fraction of sp³-hybridized carbons (Fsp3) is 0.0714. The molecule has 0 aliphatic carbocycles. The van der Waals surface area contributed by atoms with Crippen LogP contribution in [0.2, 0.25) is 0 Å². The number of carbonyl (C=O) groups is 1. The molecule has 18 heavy (non-hydrogen) atoms. The second-order valence-electron chi connectivity index (χ2n) is 3.86. The third-order valence-electron chi connectivity index (χ3n) is 2.47. The summed E-state index contributed by atoms with van der Waals surface area (Å²) in [6.07, 6.45) is 0. The normalized spacial score (nSPS) is 10.1. The fourth-order valence-corrected chi connectivity index (χ4v) is 1.82. The zero-order valence-corrected chi connectivity index (χ0v) is 11.1. The summed E-state index contributed by atoms with van der Waals surface area (Å²) in [5.41, 5.74) is 1.47. The van der Waals surface area contributed by atoms with Crippen molar-refractivity contribution in [3.63, 3.8) is 0 Å². The number of carbonyl (C=O) groups excluding carboxylic acids is 1. The van der Waals surface area contributed by atoms with Gasteiger partial charge < -0.3 is 10.4 Å². The summed E-state index contributed by atoms with van der Waals surface area (Å²) in [5, 5.41) is 12.1. The molecule has 0 aromatic heterocycles. The Hall–Kier alpha value is -1.81. The first kappa shape index (κ1) is 12.6. The number of phenolic OH excluding ortho intramolecular Hbond substituents is 1. The van der Waals surface area contributed by atoms with Crippen LogP contribution in [0.1, 0.15) is 15.9 Å². The minimum atomic E-state index is -0.133. The molecule has 2 N–H and O–H groups in total. The molecule has 0 saturated heterocycles. The number of aromatic hydroxyl groups is 1. The third-order valence-corrected chi connectivity index (χ3v) is 3.00. The Labute approximate surface area is 114 Å². The van der Waals surface area contributed by atoms with Gasteiger partial charge in [-0.3, -0.25) is 4.79 Å². The highest BCUT2D eigenvalue weighted by Gasteiger charge is 2.04. The number of nitrogens with one attached hydrogen (secondary N) is 1. The second-order valence-corrected chi connectivity index (χ2v) is 4.78. The summed E-state index contributed by atoms with van der Waals surface area (Å²) in [4.78, 5) is 11.8. The van der Waals surface area contributed by atoms with Crippen LogP contribution in [0, 0.1) is 0 Å². The lowest BCUT2D eigenvalue weighted by atomic mass is 10.2. The topological polar surface area (TPSA) is 49.3 Å². The van der Waals surface area contributed by atoms with Gasteiger partial charge in [0, 0.05) is 16.6 Å². The van der Waals surface area contributed by atoms with E-state index >= 15 is 0 Å². The molecule has 0 unspecified atom stereocenters. The molecule has 0 heterocycles. The van der Waals surface area contributed by atoms with Crippen molar-refractivity contribution in [2.24, 2.45) is 0 Å². The molecule has 0 aliphatic rings. The molecular weight excluding hydrogens is 294 g/mol.